The van der Waals surface area contributed by atoms with Gasteiger partial charge in [0.2, 0.25) is 0 Å². The highest BCUT2D eigenvalue weighted by atomic mass is 35.5. The quantitative estimate of drug-likeness (QED) is 0.948. The molecule has 0 fully saturated rings. The molecular formula is C15H13ClFNO3. The molecule has 2 aromatic rings. The number of aryl methyl sites for hydroxylation is 2. The maximum absolute atomic E-state index is 13.8. The van der Waals surface area contributed by atoms with E-state index in [0.29, 0.717) is 11.3 Å². The standard InChI is InChI=1S/C15H13ClFNO3/c1-8-6-9(2)18(14(19)13(8)15(20)21)7-10-11(16)4-3-5-12(10)17/h3-6H,7H2,1-2H3,(H,20,21). The Morgan fingerprint density at radius 1 is 1.38 bits per heavy atom. The maximum atomic E-state index is 13.8. The van der Waals surface area contributed by atoms with Gasteiger partial charge in [-0.25, -0.2) is 9.18 Å². The third-order valence-electron chi connectivity index (χ3n) is 3.30. The number of carboxylic acids is 1. The summed E-state index contributed by atoms with van der Waals surface area (Å²) in [4.78, 5) is 23.5. The summed E-state index contributed by atoms with van der Waals surface area (Å²) in [6, 6.07) is 5.81. The molecule has 0 bridgehead atoms. The molecule has 0 radical (unpaired) electrons. The molecule has 0 aliphatic heterocycles. The molecule has 0 amide bonds. The van der Waals surface area contributed by atoms with Gasteiger partial charge in [-0.05, 0) is 37.6 Å². The summed E-state index contributed by atoms with van der Waals surface area (Å²) >= 11 is 5.95. The lowest BCUT2D eigenvalue weighted by atomic mass is 10.1. The van der Waals surface area contributed by atoms with Crippen LogP contribution in [0.4, 0.5) is 4.39 Å². The van der Waals surface area contributed by atoms with Gasteiger partial charge in [0.15, 0.2) is 0 Å². The molecular weight excluding hydrogens is 297 g/mol. The Bertz CT molecular complexity index is 763. The number of halogens is 2. The van der Waals surface area contributed by atoms with Crippen LogP contribution in [0.1, 0.15) is 27.2 Å². The fraction of sp³-hybridized carbons (Fsp3) is 0.200. The first-order valence-electron chi connectivity index (χ1n) is 6.20. The van der Waals surface area contributed by atoms with E-state index in [1.807, 2.05) is 0 Å². The Labute approximate surface area is 125 Å². The molecule has 21 heavy (non-hydrogen) atoms. The van der Waals surface area contributed by atoms with Gasteiger partial charge in [-0.3, -0.25) is 4.79 Å². The van der Waals surface area contributed by atoms with Crippen molar-refractivity contribution in [2.75, 3.05) is 0 Å². The highest BCUT2D eigenvalue weighted by Crippen LogP contribution is 2.20. The second-order valence-electron chi connectivity index (χ2n) is 4.74. The van der Waals surface area contributed by atoms with Crippen molar-refractivity contribution < 1.29 is 14.3 Å². The minimum absolute atomic E-state index is 0.114. The summed E-state index contributed by atoms with van der Waals surface area (Å²) in [5.41, 5.74) is 0.0969. The Kier molecular flexibility index (Phi) is 4.14. The summed E-state index contributed by atoms with van der Waals surface area (Å²) in [5, 5.41) is 9.32. The van der Waals surface area contributed by atoms with Crippen molar-refractivity contribution in [1.82, 2.24) is 4.57 Å². The number of aromatic nitrogens is 1. The molecule has 1 heterocycles. The second kappa shape index (κ2) is 5.69. The zero-order valence-corrected chi connectivity index (χ0v) is 12.2. The SMILES string of the molecule is Cc1cc(C)n(Cc2c(F)cccc2Cl)c(=O)c1C(=O)O. The Morgan fingerprint density at radius 3 is 2.62 bits per heavy atom. The number of rotatable bonds is 3. The van der Waals surface area contributed by atoms with Crippen molar-refractivity contribution in [3.8, 4) is 0 Å². The van der Waals surface area contributed by atoms with Crippen LogP contribution in [-0.2, 0) is 6.54 Å². The second-order valence-corrected chi connectivity index (χ2v) is 5.15. The van der Waals surface area contributed by atoms with E-state index in [1.54, 1.807) is 19.9 Å². The molecule has 1 aromatic heterocycles. The van der Waals surface area contributed by atoms with E-state index in [1.165, 1.54) is 22.8 Å². The van der Waals surface area contributed by atoms with E-state index in [4.69, 9.17) is 16.7 Å². The normalized spacial score (nSPS) is 10.7. The Morgan fingerprint density at radius 2 is 2.05 bits per heavy atom. The lowest BCUT2D eigenvalue weighted by molar-refractivity contribution is 0.0693. The number of benzene rings is 1. The van der Waals surface area contributed by atoms with Gasteiger partial charge in [-0.15, -0.1) is 0 Å². The molecule has 6 heteroatoms. The molecule has 1 N–H and O–H groups in total. The number of aromatic carboxylic acids is 1. The van der Waals surface area contributed by atoms with Crippen LogP contribution < -0.4 is 5.56 Å². The van der Waals surface area contributed by atoms with Gasteiger partial charge in [0, 0.05) is 16.3 Å². The van der Waals surface area contributed by atoms with Crippen LogP contribution in [0.3, 0.4) is 0 Å². The van der Waals surface area contributed by atoms with E-state index in [2.05, 4.69) is 0 Å². The lowest BCUT2D eigenvalue weighted by Gasteiger charge is -2.14. The lowest BCUT2D eigenvalue weighted by Crippen LogP contribution is -2.30. The number of hydrogen-bond acceptors (Lipinski definition) is 2. The largest absolute Gasteiger partial charge is 0.477 e. The third-order valence-corrected chi connectivity index (χ3v) is 3.65. The molecule has 0 atom stereocenters. The van der Waals surface area contributed by atoms with Crippen LogP contribution in [0.5, 0.6) is 0 Å². The molecule has 110 valence electrons. The molecule has 0 aliphatic carbocycles. The Hall–Kier alpha value is -2.14. The number of carboxylic acid groups (broad SMARTS) is 1. The van der Waals surface area contributed by atoms with Crippen LogP contribution in [0.15, 0.2) is 29.1 Å². The summed E-state index contributed by atoms with van der Waals surface area (Å²) in [7, 11) is 0. The highest BCUT2D eigenvalue weighted by molar-refractivity contribution is 6.31. The van der Waals surface area contributed by atoms with E-state index < -0.39 is 17.3 Å². The van der Waals surface area contributed by atoms with E-state index >= 15 is 0 Å². The van der Waals surface area contributed by atoms with Gasteiger partial charge in [0.1, 0.15) is 11.4 Å². The topological polar surface area (TPSA) is 59.3 Å². The minimum Gasteiger partial charge on any atom is -0.477 e. The van der Waals surface area contributed by atoms with Gasteiger partial charge in [-0.1, -0.05) is 17.7 Å². The minimum atomic E-state index is -1.30. The van der Waals surface area contributed by atoms with Gasteiger partial charge in [0.25, 0.3) is 5.56 Å². The smallest absolute Gasteiger partial charge is 0.341 e. The van der Waals surface area contributed by atoms with Crippen LogP contribution in [0.25, 0.3) is 0 Å². The number of nitrogens with zero attached hydrogens (tertiary/aromatic N) is 1. The number of hydrogen-bond donors (Lipinski definition) is 1. The zero-order valence-electron chi connectivity index (χ0n) is 11.5. The predicted octanol–water partition coefficient (Wildman–Crippen LogP) is 3.00. The monoisotopic (exact) mass is 309 g/mol. The van der Waals surface area contributed by atoms with E-state index in [9.17, 15) is 14.0 Å². The van der Waals surface area contributed by atoms with Gasteiger partial charge < -0.3 is 9.67 Å². The van der Waals surface area contributed by atoms with Crippen LogP contribution in [0.2, 0.25) is 5.02 Å². The van der Waals surface area contributed by atoms with Crippen LogP contribution >= 0.6 is 11.6 Å². The molecule has 4 nitrogen and oxygen atoms in total. The van der Waals surface area contributed by atoms with Crippen molar-refractivity contribution in [1.29, 1.82) is 0 Å². The van der Waals surface area contributed by atoms with Crippen molar-refractivity contribution in [3.05, 3.63) is 67.8 Å². The van der Waals surface area contributed by atoms with Crippen molar-refractivity contribution in [3.63, 3.8) is 0 Å². The summed E-state index contributed by atoms with van der Waals surface area (Å²) in [6.07, 6.45) is 0. The Balaban J connectivity index is 2.63. The van der Waals surface area contributed by atoms with Crippen molar-refractivity contribution in [2.45, 2.75) is 20.4 Å². The van der Waals surface area contributed by atoms with Crippen molar-refractivity contribution in [2.24, 2.45) is 0 Å². The summed E-state index contributed by atoms with van der Waals surface area (Å²) in [6.45, 7) is 3.10. The number of carbonyl (C=O) groups is 1. The average molecular weight is 310 g/mol. The van der Waals surface area contributed by atoms with Crippen molar-refractivity contribution >= 4 is 17.6 Å². The van der Waals surface area contributed by atoms with Crippen LogP contribution in [-0.4, -0.2) is 15.6 Å². The molecule has 0 saturated heterocycles. The first-order chi connectivity index (χ1) is 9.82. The average Bonchev–Trinajstić information content (AvgIpc) is 2.36. The first-order valence-corrected chi connectivity index (χ1v) is 6.58. The van der Waals surface area contributed by atoms with Gasteiger partial charge in [0.05, 0.1) is 6.54 Å². The fourth-order valence-corrected chi connectivity index (χ4v) is 2.45. The first kappa shape index (κ1) is 15.3. The molecule has 0 unspecified atom stereocenters. The van der Waals surface area contributed by atoms with Gasteiger partial charge in [-0.2, -0.15) is 0 Å². The third kappa shape index (κ3) is 2.83. The van der Waals surface area contributed by atoms with Gasteiger partial charge >= 0.3 is 5.97 Å². The number of pyridine rings is 1. The molecule has 2 rings (SSSR count). The van der Waals surface area contributed by atoms with E-state index in [0.717, 1.165) is 0 Å². The molecule has 0 saturated carbocycles. The highest BCUT2D eigenvalue weighted by Gasteiger charge is 2.18. The molecule has 1 aromatic carbocycles. The van der Waals surface area contributed by atoms with E-state index in [-0.39, 0.29) is 22.7 Å². The molecule has 0 spiro atoms. The fourth-order valence-electron chi connectivity index (χ4n) is 2.23. The zero-order chi connectivity index (χ0) is 15.7. The summed E-state index contributed by atoms with van der Waals surface area (Å²) in [5.74, 6) is -1.84. The van der Waals surface area contributed by atoms with Crippen LogP contribution in [0, 0.1) is 19.7 Å². The maximum Gasteiger partial charge on any atom is 0.341 e. The summed E-state index contributed by atoms with van der Waals surface area (Å²) < 4.78 is 15.0. The molecule has 0 aliphatic rings. The predicted molar refractivity (Wildman–Crippen MR) is 77.6 cm³/mol.